The quantitative estimate of drug-likeness (QED) is 0.807. The van der Waals surface area contributed by atoms with E-state index in [2.05, 4.69) is 17.2 Å². The molecule has 1 aromatic heterocycles. The molecule has 0 amide bonds. The summed E-state index contributed by atoms with van der Waals surface area (Å²) in [6.07, 6.45) is 3.17. The van der Waals surface area contributed by atoms with E-state index in [-0.39, 0.29) is 17.7 Å². The van der Waals surface area contributed by atoms with Crippen LogP contribution in [0.5, 0.6) is 0 Å². The lowest BCUT2D eigenvalue weighted by molar-refractivity contribution is 0.0912. The third kappa shape index (κ3) is 2.16. The molecule has 0 saturated carbocycles. The van der Waals surface area contributed by atoms with E-state index in [4.69, 9.17) is 11.6 Å². The Morgan fingerprint density at radius 3 is 2.45 bits per heavy atom. The molecule has 0 fully saturated rings. The standard InChI is InChI=1S/C16H17ClN2O/c1-10(2)19-15(14(17)9-18-19)16(20)13-7-11-5-3-4-6-12(11)8-13/h3-6,9-10,13H,7-8H2,1-2H3. The van der Waals surface area contributed by atoms with Crippen LogP contribution < -0.4 is 0 Å². The van der Waals surface area contributed by atoms with Gasteiger partial charge >= 0.3 is 0 Å². The number of halogens is 1. The summed E-state index contributed by atoms with van der Waals surface area (Å²) in [4.78, 5) is 12.8. The zero-order valence-corrected chi connectivity index (χ0v) is 12.4. The number of aromatic nitrogens is 2. The predicted molar refractivity (Wildman–Crippen MR) is 79.3 cm³/mol. The second-order valence-electron chi connectivity index (χ2n) is 5.62. The number of fused-ring (bicyclic) bond motifs is 1. The number of rotatable bonds is 3. The Morgan fingerprint density at radius 2 is 1.90 bits per heavy atom. The second-order valence-corrected chi connectivity index (χ2v) is 6.02. The van der Waals surface area contributed by atoms with Crippen molar-refractivity contribution in [3.05, 3.63) is 52.3 Å². The molecule has 0 unspecified atom stereocenters. The first-order valence-corrected chi connectivity index (χ1v) is 7.29. The number of carbonyl (C=O) groups is 1. The summed E-state index contributed by atoms with van der Waals surface area (Å²) in [6.45, 7) is 4.01. The molecule has 0 spiro atoms. The Morgan fingerprint density at radius 1 is 1.30 bits per heavy atom. The van der Waals surface area contributed by atoms with Crippen molar-refractivity contribution >= 4 is 17.4 Å². The molecular formula is C16H17ClN2O. The van der Waals surface area contributed by atoms with Gasteiger partial charge in [0.15, 0.2) is 5.78 Å². The second kappa shape index (κ2) is 5.06. The maximum Gasteiger partial charge on any atom is 0.186 e. The Balaban J connectivity index is 1.90. The minimum atomic E-state index is -0.0147. The van der Waals surface area contributed by atoms with Crippen LogP contribution in [0.3, 0.4) is 0 Å². The minimum absolute atomic E-state index is 0.0147. The van der Waals surface area contributed by atoms with Crippen LogP contribution in [0.15, 0.2) is 30.5 Å². The number of hydrogen-bond acceptors (Lipinski definition) is 2. The van der Waals surface area contributed by atoms with Crippen molar-refractivity contribution in [1.29, 1.82) is 0 Å². The van der Waals surface area contributed by atoms with Gasteiger partial charge in [-0.25, -0.2) is 0 Å². The first kappa shape index (κ1) is 13.4. The zero-order chi connectivity index (χ0) is 14.3. The zero-order valence-electron chi connectivity index (χ0n) is 11.6. The molecule has 0 aliphatic heterocycles. The summed E-state index contributed by atoms with van der Waals surface area (Å²) in [7, 11) is 0. The van der Waals surface area contributed by atoms with Gasteiger partial charge in [-0.3, -0.25) is 9.48 Å². The van der Waals surface area contributed by atoms with Gasteiger partial charge in [0.2, 0.25) is 0 Å². The lowest BCUT2D eigenvalue weighted by atomic mass is 9.98. The summed E-state index contributed by atoms with van der Waals surface area (Å²) in [5, 5.41) is 4.68. The van der Waals surface area contributed by atoms with Crippen LogP contribution in [-0.2, 0) is 12.8 Å². The monoisotopic (exact) mass is 288 g/mol. The van der Waals surface area contributed by atoms with E-state index < -0.39 is 0 Å². The Labute approximate surface area is 123 Å². The predicted octanol–water partition coefficient (Wildman–Crippen LogP) is 3.72. The van der Waals surface area contributed by atoms with Gasteiger partial charge in [-0.15, -0.1) is 0 Å². The van der Waals surface area contributed by atoms with Crippen LogP contribution in [0.2, 0.25) is 5.02 Å². The minimum Gasteiger partial charge on any atom is -0.292 e. The SMILES string of the molecule is CC(C)n1ncc(Cl)c1C(=O)C1Cc2ccccc2C1. The molecule has 0 atom stereocenters. The number of ketones is 1. The van der Waals surface area contributed by atoms with Crippen LogP contribution in [0.4, 0.5) is 0 Å². The molecule has 1 heterocycles. The third-order valence-corrected chi connectivity index (χ3v) is 4.17. The Hall–Kier alpha value is -1.61. The van der Waals surface area contributed by atoms with Gasteiger partial charge in [-0.2, -0.15) is 5.10 Å². The highest BCUT2D eigenvalue weighted by Gasteiger charge is 2.31. The molecule has 3 nitrogen and oxygen atoms in total. The van der Waals surface area contributed by atoms with Crippen molar-refractivity contribution < 1.29 is 4.79 Å². The lowest BCUT2D eigenvalue weighted by Crippen LogP contribution is -2.21. The summed E-state index contributed by atoms with van der Waals surface area (Å²) in [5.74, 6) is 0.0940. The van der Waals surface area contributed by atoms with Gasteiger partial charge in [-0.1, -0.05) is 35.9 Å². The highest BCUT2D eigenvalue weighted by molar-refractivity contribution is 6.33. The number of benzene rings is 1. The van der Waals surface area contributed by atoms with Gasteiger partial charge < -0.3 is 0 Å². The van der Waals surface area contributed by atoms with Crippen LogP contribution in [-0.4, -0.2) is 15.6 Å². The van der Waals surface area contributed by atoms with Crippen LogP contribution >= 0.6 is 11.6 Å². The molecule has 4 heteroatoms. The topological polar surface area (TPSA) is 34.9 Å². The van der Waals surface area contributed by atoms with Crippen LogP contribution in [0, 0.1) is 5.92 Å². The highest BCUT2D eigenvalue weighted by Crippen LogP contribution is 2.31. The molecular weight excluding hydrogens is 272 g/mol. The van der Waals surface area contributed by atoms with Crippen molar-refractivity contribution in [3.8, 4) is 0 Å². The molecule has 104 valence electrons. The highest BCUT2D eigenvalue weighted by atomic mass is 35.5. The molecule has 0 radical (unpaired) electrons. The number of carbonyl (C=O) groups excluding carboxylic acids is 1. The average molecular weight is 289 g/mol. The summed E-state index contributed by atoms with van der Waals surface area (Å²) >= 11 is 6.17. The number of Topliss-reactive ketones (excluding diaryl/α,β-unsaturated/α-hetero) is 1. The molecule has 3 rings (SSSR count). The van der Waals surface area contributed by atoms with Crippen molar-refractivity contribution in [1.82, 2.24) is 9.78 Å². The fraction of sp³-hybridized carbons (Fsp3) is 0.375. The maximum absolute atomic E-state index is 12.8. The van der Waals surface area contributed by atoms with Crippen LogP contribution in [0.1, 0.15) is 41.5 Å². The van der Waals surface area contributed by atoms with Crippen molar-refractivity contribution in [2.45, 2.75) is 32.7 Å². The smallest absolute Gasteiger partial charge is 0.186 e. The van der Waals surface area contributed by atoms with Gasteiger partial charge in [0, 0.05) is 12.0 Å². The van der Waals surface area contributed by atoms with E-state index in [1.54, 1.807) is 10.9 Å². The largest absolute Gasteiger partial charge is 0.292 e. The van der Waals surface area contributed by atoms with E-state index in [9.17, 15) is 4.79 Å². The van der Waals surface area contributed by atoms with Crippen molar-refractivity contribution in [2.24, 2.45) is 5.92 Å². The molecule has 0 bridgehead atoms. The van der Waals surface area contributed by atoms with E-state index in [0.29, 0.717) is 10.7 Å². The molecule has 1 aliphatic carbocycles. The van der Waals surface area contributed by atoms with Crippen LogP contribution in [0.25, 0.3) is 0 Å². The summed E-state index contributed by atoms with van der Waals surface area (Å²) in [5.41, 5.74) is 3.11. The number of hydrogen-bond donors (Lipinski definition) is 0. The third-order valence-electron chi connectivity index (χ3n) is 3.90. The van der Waals surface area contributed by atoms with E-state index in [1.165, 1.54) is 11.1 Å². The van der Waals surface area contributed by atoms with E-state index in [1.807, 2.05) is 26.0 Å². The summed E-state index contributed by atoms with van der Waals surface area (Å²) in [6, 6.07) is 8.38. The molecule has 1 aromatic carbocycles. The van der Waals surface area contributed by atoms with Crippen molar-refractivity contribution in [3.63, 3.8) is 0 Å². The summed E-state index contributed by atoms with van der Waals surface area (Å²) < 4.78 is 1.73. The Kier molecular flexibility index (Phi) is 3.38. The normalized spacial score (nSPS) is 14.8. The van der Waals surface area contributed by atoms with Gasteiger partial charge in [-0.05, 0) is 37.8 Å². The molecule has 0 saturated heterocycles. The maximum atomic E-state index is 12.8. The lowest BCUT2D eigenvalue weighted by Gasteiger charge is -2.13. The first-order chi connectivity index (χ1) is 9.58. The van der Waals surface area contributed by atoms with Crippen molar-refractivity contribution in [2.75, 3.05) is 0 Å². The fourth-order valence-electron chi connectivity index (χ4n) is 2.90. The molecule has 0 N–H and O–H groups in total. The van der Waals surface area contributed by atoms with E-state index in [0.717, 1.165) is 12.8 Å². The van der Waals surface area contributed by atoms with Gasteiger partial charge in [0.25, 0.3) is 0 Å². The average Bonchev–Trinajstić information content (AvgIpc) is 3.01. The first-order valence-electron chi connectivity index (χ1n) is 6.92. The fourth-order valence-corrected chi connectivity index (χ4v) is 3.12. The Bertz CT molecular complexity index is 635. The molecule has 1 aliphatic rings. The molecule has 2 aromatic rings. The number of nitrogens with zero attached hydrogens (tertiary/aromatic N) is 2. The van der Waals surface area contributed by atoms with E-state index >= 15 is 0 Å². The van der Waals surface area contributed by atoms with Gasteiger partial charge in [0.1, 0.15) is 5.69 Å². The van der Waals surface area contributed by atoms with Gasteiger partial charge in [0.05, 0.1) is 11.2 Å². The molecule has 20 heavy (non-hydrogen) atoms.